The van der Waals surface area contributed by atoms with E-state index in [1.165, 1.54) is 0 Å². The van der Waals surface area contributed by atoms with Crippen LogP contribution in [0, 0.1) is 0 Å². The van der Waals surface area contributed by atoms with Crippen LogP contribution in [-0.2, 0) is 4.74 Å². The van der Waals surface area contributed by atoms with Gasteiger partial charge in [0.05, 0.1) is 12.7 Å². The summed E-state index contributed by atoms with van der Waals surface area (Å²) in [6, 6.07) is 0.588. The van der Waals surface area contributed by atoms with E-state index in [4.69, 9.17) is 10.5 Å². The number of hydrogen-bond acceptors (Lipinski definition) is 3. The van der Waals surface area contributed by atoms with E-state index in [-0.39, 0.29) is 24.8 Å². The molecule has 0 bridgehead atoms. The van der Waals surface area contributed by atoms with Gasteiger partial charge in [-0.05, 0) is 13.3 Å². The van der Waals surface area contributed by atoms with Gasteiger partial charge in [-0.3, -0.25) is 4.90 Å². The number of nitrogens with zero attached hydrogens (tertiary/aromatic N) is 1. The van der Waals surface area contributed by atoms with Crippen LogP contribution in [0.25, 0.3) is 0 Å². The predicted octanol–water partition coefficient (Wildman–Crippen LogP) is 1.29. The fourth-order valence-electron chi connectivity index (χ4n) is 1.73. The number of ether oxygens (including phenoxy) is 1. The molecule has 0 aromatic heterocycles. The SMILES string of the molecule is CCC1COC(C)CN1CCN.Cl.Cl. The Morgan fingerprint density at radius 3 is 2.57 bits per heavy atom. The van der Waals surface area contributed by atoms with Crippen LogP contribution >= 0.6 is 24.8 Å². The molecule has 0 aliphatic carbocycles. The Morgan fingerprint density at radius 2 is 2.07 bits per heavy atom. The van der Waals surface area contributed by atoms with Gasteiger partial charge in [0.1, 0.15) is 0 Å². The van der Waals surface area contributed by atoms with Crippen molar-refractivity contribution < 1.29 is 4.74 Å². The van der Waals surface area contributed by atoms with Gasteiger partial charge in [0.15, 0.2) is 0 Å². The number of morpholine rings is 1. The first-order chi connectivity index (χ1) is 5.77. The highest BCUT2D eigenvalue weighted by Crippen LogP contribution is 2.13. The average Bonchev–Trinajstić information content (AvgIpc) is 2.05. The molecule has 88 valence electrons. The van der Waals surface area contributed by atoms with Crippen LogP contribution in [0.15, 0.2) is 0 Å². The summed E-state index contributed by atoms with van der Waals surface area (Å²) >= 11 is 0. The molecular weight excluding hydrogens is 223 g/mol. The summed E-state index contributed by atoms with van der Waals surface area (Å²) in [7, 11) is 0. The first-order valence-corrected chi connectivity index (χ1v) is 4.83. The Kier molecular flexibility index (Phi) is 10.5. The third kappa shape index (κ3) is 4.80. The number of hydrogen-bond donors (Lipinski definition) is 1. The van der Waals surface area contributed by atoms with E-state index in [0.29, 0.717) is 12.1 Å². The normalized spacial score (nSPS) is 27.6. The monoisotopic (exact) mass is 244 g/mol. The van der Waals surface area contributed by atoms with E-state index in [1.54, 1.807) is 0 Å². The Labute approximate surface area is 99.2 Å². The molecule has 0 aromatic rings. The van der Waals surface area contributed by atoms with Crippen LogP contribution < -0.4 is 5.73 Å². The van der Waals surface area contributed by atoms with E-state index in [0.717, 1.165) is 32.7 Å². The third-order valence-electron chi connectivity index (χ3n) is 2.47. The number of halogens is 2. The Hall–Kier alpha value is 0.460. The van der Waals surface area contributed by atoms with Gasteiger partial charge < -0.3 is 10.5 Å². The van der Waals surface area contributed by atoms with Gasteiger partial charge >= 0.3 is 0 Å². The van der Waals surface area contributed by atoms with E-state index >= 15 is 0 Å². The second-order valence-electron chi connectivity index (χ2n) is 3.49. The zero-order chi connectivity index (χ0) is 8.97. The molecule has 0 saturated carbocycles. The highest BCUT2D eigenvalue weighted by atomic mass is 35.5. The molecule has 1 aliphatic rings. The van der Waals surface area contributed by atoms with Crippen LogP contribution in [0.1, 0.15) is 20.3 Å². The summed E-state index contributed by atoms with van der Waals surface area (Å²) < 4.78 is 5.58. The minimum Gasteiger partial charge on any atom is -0.376 e. The molecular formula is C9H22Cl2N2O. The zero-order valence-corrected chi connectivity index (χ0v) is 10.6. The number of rotatable bonds is 3. The Morgan fingerprint density at radius 1 is 1.43 bits per heavy atom. The van der Waals surface area contributed by atoms with E-state index < -0.39 is 0 Å². The summed E-state index contributed by atoms with van der Waals surface area (Å²) in [5.41, 5.74) is 5.54. The molecule has 2 unspecified atom stereocenters. The van der Waals surface area contributed by atoms with Gasteiger partial charge in [-0.1, -0.05) is 6.92 Å². The van der Waals surface area contributed by atoms with Gasteiger partial charge in [-0.2, -0.15) is 0 Å². The molecule has 1 saturated heterocycles. The maximum atomic E-state index is 5.58. The molecule has 1 fully saturated rings. The van der Waals surface area contributed by atoms with Gasteiger partial charge in [-0.25, -0.2) is 0 Å². The molecule has 0 aromatic carbocycles. The van der Waals surface area contributed by atoms with E-state index in [2.05, 4.69) is 18.7 Å². The summed E-state index contributed by atoms with van der Waals surface area (Å²) in [4.78, 5) is 2.44. The second-order valence-corrected chi connectivity index (χ2v) is 3.49. The van der Waals surface area contributed by atoms with Crippen molar-refractivity contribution in [3.8, 4) is 0 Å². The van der Waals surface area contributed by atoms with Gasteiger partial charge in [0.2, 0.25) is 0 Å². The number of nitrogens with two attached hydrogens (primary N) is 1. The smallest absolute Gasteiger partial charge is 0.0674 e. The minimum absolute atomic E-state index is 0. The lowest BCUT2D eigenvalue weighted by molar-refractivity contribution is -0.0544. The van der Waals surface area contributed by atoms with Crippen LogP contribution in [0.4, 0.5) is 0 Å². The lowest BCUT2D eigenvalue weighted by atomic mass is 10.1. The van der Waals surface area contributed by atoms with Crippen molar-refractivity contribution in [1.29, 1.82) is 0 Å². The first kappa shape index (κ1) is 16.9. The summed E-state index contributed by atoms with van der Waals surface area (Å²) in [6.45, 7) is 7.99. The topological polar surface area (TPSA) is 38.5 Å². The fourth-order valence-corrected chi connectivity index (χ4v) is 1.73. The predicted molar refractivity (Wildman–Crippen MR) is 64.6 cm³/mol. The van der Waals surface area contributed by atoms with E-state index in [9.17, 15) is 0 Å². The lowest BCUT2D eigenvalue weighted by Crippen LogP contribution is -2.50. The molecule has 1 rings (SSSR count). The lowest BCUT2D eigenvalue weighted by Gasteiger charge is -2.37. The van der Waals surface area contributed by atoms with Crippen LogP contribution in [-0.4, -0.2) is 43.3 Å². The molecule has 0 amide bonds. The third-order valence-corrected chi connectivity index (χ3v) is 2.47. The molecule has 14 heavy (non-hydrogen) atoms. The Balaban J connectivity index is 0. The molecule has 2 N–H and O–H groups in total. The molecule has 1 aliphatic heterocycles. The van der Waals surface area contributed by atoms with Crippen molar-refractivity contribution in [3.05, 3.63) is 0 Å². The molecule has 3 nitrogen and oxygen atoms in total. The van der Waals surface area contributed by atoms with Crippen molar-refractivity contribution in [2.45, 2.75) is 32.4 Å². The molecule has 5 heteroatoms. The first-order valence-electron chi connectivity index (χ1n) is 4.83. The fraction of sp³-hybridized carbons (Fsp3) is 1.00. The highest BCUT2D eigenvalue weighted by molar-refractivity contribution is 5.85. The largest absolute Gasteiger partial charge is 0.376 e. The van der Waals surface area contributed by atoms with E-state index in [1.807, 2.05) is 0 Å². The summed E-state index contributed by atoms with van der Waals surface area (Å²) in [6.07, 6.45) is 1.53. The van der Waals surface area contributed by atoms with Gasteiger partial charge in [-0.15, -0.1) is 24.8 Å². The zero-order valence-electron chi connectivity index (χ0n) is 8.94. The van der Waals surface area contributed by atoms with Crippen molar-refractivity contribution >= 4 is 24.8 Å². The summed E-state index contributed by atoms with van der Waals surface area (Å²) in [5.74, 6) is 0. The molecule has 2 atom stereocenters. The minimum atomic E-state index is 0. The van der Waals surface area contributed by atoms with Gasteiger partial charge in [0, 0.05) is 25.7 Å². The van der Waals surface area contributed by atoms with Crippen molar-refractivity contribution in [1.82, 2.24) is 4.90 Å². The van der Waals surface area contributed by atoms with Crippen LogP contribution in [0.5, 0.6) is 0 Å². The molecule has 0 spiro atoms. The van der Waals surface area contributed by atoms with Gasteiger partial charge in [0.25, 0.3) is 0 Å². The van der Waals surface area contributed by atoms with Crippen molar-refractivity contribution in [3.63, 3.8) is 0 Å². The van der Waals surface area contributed by atoms with Crippen molar-refractivity contribution in [2.24, 2.45) is 5.73 Å². The maximum absolute atomic E-state index is 5.58. The quantitative estimate of drug-likeness (QED) is 0.814. The molecule has 0 radical (unpaired) electrons. The highest BCUT2D eigenvalue weighted by Gasteiger charge is 2.24. The van der Waals surface area contributed by atoms with Crippen molar-refractivity contribution in [2.75, 3.05) is 26.2 Å². The van der Waals surface area contributed by atoms with Crippen LogP contribution in [0.3, 0.4) is 0 Å². The standard InChI is InChI=1S/C9H20N2O.2ClH/c1-3-9-7-12-8(2)6-11(9)5-4-10;;/h8-9H,3-7,10H2,1-2H3;2*1H. The maximum Gasteiger partial charge on any atom is 0.0674 e. The Bertz CT molecular complexity index is 138. The average molecular weight is 245 g/mol. The summed E-state index contributed by atoms with van der Waals surface area (Å²) in [5, 5.41) is 0. The van der Waals surface area contributed by atoms with Crippen LogP contribution in [0.2, 0.25) is 0 Å². The second kappa shape index (κ2) is 8.74. The molecule has 1 heterocycles.